The van der Waals surface area contributed by atoms with E-state index < -0.39 is 18.1 Å². The highest BCUT2D eigenvalue weighted by Gasteiger charge is 2.23. The highest BCUT2D eigenvalue weighted by Crippen LogP contribution is 2.04. The number of aliphatic hydroxyl groups excluding tert-OH is 2. The van der Waals surface area contributed by atoms with Gasteiger partial charge in [0.1, 0.15) is 0 Å². The third-order valence-corrected chi connectivity index (χ3v) is 1.30. The van der Waals surface area contributed by atoms with Crippen molar-refractivity contribution in [3.63, 3.8) is 0 Å². The van der Waals surface area contributed by atoms with Crippen molar-refractivity contribution >= 4 is 5.91 Å². The molecule has 0 spiro atoms. The molecule has 1 amide bonds. The molecular weight excluding hydrogens is 134 g/mol. The van der Waals surface area contributed by atoms with E-state index in [0.717, 1.165) is 0 Å². The monoisotopic (exact) mass is 147 g/mol. The average molecular weight is 147 g/mol. The molecule has 0 fully saturated rings. The zero-order valence-electron chi connectivity index (χ0n) is 6.11. The molecular formula is C6H13NO3. The Labute approximate surface area is 59.7 Å². The molecule has 0 aliphatic carbocycles. The van der Waals surface area contributed by atoms with Crippen LogP contribution in [-0.2, 0) is 4.79 Å². The first kappa shape index (κ1) is 9.39. The summed E-state index contributed by atoms with van der Waals surface area (Å²) < 4.78 is 0. The fourth-order valence-corrected chi connectivity index (χ4v) is 0.533. The molecule has 0 heterocycles. The number of carbonyl (C=O) groups excluding carboxylic acids is 1. The number of carbonyl (C=O) groups is 1. The molecule has 4 N–H and O–H groups in total. The summed E-state index contributed by atoms with van der Waals surface area (Å²) in [5.74, 6) is -1.05. The zero-order chi connectivity index (χ0) is 8.31. The van der Waals surface area contributed by atoms with E-state index in [1.54, 1.807) is 13.8 Å². The molecule has 0 aliphatic heterocycles. The Morgan fingerprint density at radius 3 is 1.90 bits per heavy atom. The number of nitrogens with two attached hydrogens (primary N) is 1. The van der Waals surface area contributed by atoms with Gasteiger partial charge in [0.25, 0.3) is 0 Å². The summed E-state index contributed by atoms with van der Waals surface area (Å²) >= 11 is 0. The SMILES string of the molecule is CC(C)[C@@H](O)[C@H](O)C(N)=O. The van der Waals surface area contributed by atoms with E-state index in [-0.39, 0.29) is 5.92 Å². The van der Waals surface area contributed by atoms with Gasteiger partial charge in [0.05, 0.1) is 6.10 Å². The van der Waals surface area contributed by atoms with Crippen molar-refractivity contribution in [1.82, 2.24) is 0 Å². The van der Waals surface area contributed by atoms with Crippen molar-refractivity contribution in [2.24, 2.45) is 11.7 Å². The minimum atomic E-state index is -1.44. The van der Waals surface area contributed by atoms with Gasteiger partial charge in [-0.05, 0) is 5.92 Å². The molecule has 10 heavy (non-hydrogen) atoms. The van der Waals surface area contributed by atoms with Crippen LogP contribution in [0.3, 0.4) is 0 Å². The van der Waals surface area contributed by atoms with E-state index in [9.17, 15) is 4.79 Å². The Morgan fingerprint density at radius 1 is 1.40 bits per heavy atom. The lowest BCUT2D eigenvalue weighted by molar-refractivity contribution is -0.133. The molecule has 4 heteroatoms. The van der Waals surface area contributed by atoms with Gasteiger partial charge >= 0.3 is 0 Å². The Hall–Kier alpha value is -0.610. The maximum atomic E-state index is 10.3. The zero-order valence-corrected chi connectivity index (χ0v) is 6.11. The number of hydrogen-bond acceptors (Lipinski definition) is 3. The number of primary amides is 1. The molecule has 0 rings (SSSR count). The normalized spacial score (nSPS) is 16.9. The van der Waals surface area contributed by atoms with Crippen molar-refractivity contribution in [3.8, 4) is 0 Å². The van der Waals surface area contributed by atoms with Crippen molar-refractivity contribution in [2.75, 3.05) is 0 Å². The summed E-state index contributed by atoms with van der Waals surface area (Å²) in [6.45, 7) is 3.38. The van der Waals surface area contributed by atoms with Gasteiger partial charge in [0, 0.05) is 0 Å². The highest BCUT2D eigenvalue weighted by atomic mass is 16.3. The third-order valence-electron chi connectivity index (χ3n) is 1.30. The van der Waals surface area contributed by atoms with E-state index in [1.807, 2.05) is 0 Å². The number of amides is 1. The third kappa shape index (κ3) is 2.33. The van der Waals surface area contributed by atoms with Crippen molar-refractivity contribution in [1.29, 1.82) is 0 Å². The number of hydrogen-bond donors (Lipinski definition) is 3. The van der Waals surface area contributed by atoms with E-state index in [1.165, 1.54) is 0 Å². The van der Waals surface area contributed by atoms with Crippen LogP contribution in [0.1, 0.15) is 13.8 Å². The minimum absolute atomic E-state index is 0.164. The van der Waals surface area contributed by atoms with Crippen LogP contribution < -0.4 is 5.73 Å². The minimum Gasteiger partial charge on any atom is -0.390 e. The highest BCUT2D eigenvalue weighted by molar-refractivity contribution is 5.79. The van der Waals surface area contributed by atoms with Gasteiger partial charge in [-0.3, -0.25) is 4.79 Å². The van der Waals surface area contributed by atoms with Crippen LogP contribution in [0.15, 0.2) is 0 Å². The Bertz CT molecular complexity index is 124. The standard InChI is InChI=1S/C6H13NO3/c1-3(2)4(8)5(9)6(7)10/h3-5,8-9H,1-2H3,(H2,7,10)/t4-,5+/m1/s1. The molecule has 0 aromatic carbocycles. The fraction of sp³-hybridized carbons (Fsp3) is 0.833. The van der Waals surface area contributed by atoms with Crippen LogP contribution in [0.5, 0.6) is 0 Å². The fourth-order valence-electron chi connectivity index (χ4n) is 0.533. The van der Waals surface area contributed by atoms with Crippen LogP contribution in [-0.4, -0.2) is 28.3 Å². The molecule has 2 atom stereocenters. The van der Waals surface area contributed by atoms with Crippen LogP contribution in [0.25, 0.3) is 0 Å². The summed E-state index contributed by atoms with van der Waals surface area (Å²) in [5.41, 5.74) is 4.73. The maximum absolute atomic E-state index is 10.3. The van der Waals surface area contributed by atoms with Crippen LogP contribution >= 0.6 is 0 Å². The van der Waals surface area contributed by atoms with Gasteiger partial charge in [-0.15, -0.1) is 0 Å². The van der Waals surface area contributed by atoms with Crippen LogP contribution in [0.4, 0.5) is 0 Å². The quantitative estimate of drug-likeness (QED) is 0.471. The second-order valence-electron chi connectivity index (χ2n) is 2.58. The van der Waals surface area contributed by atoms with Crippen molar-refractivity contribution < 1.29 is 15.0 Å². The van der Waals surface area contributed by atoms with Crippen molar-refractivity contribution in [3.05, 3.63) is 0 Å². The predicted molar refractivity (Wildman–Crippen MR) is 36.0 cm³/mol. The molecule has 0 radical (unpaired) electrons. The van der Waals surface area contributed by atoms with Gasteiger partial charge in [-0.1, -0.05) is 13.8 Å². The summed E-state index contributed by atoms with van der Waals surface area (Å²) in [4.78, 5) is 10.3. The first-order valence-corrected chi connectivity index (χ1v) is 3.12. The smallest absolute Gasteiger partial charge is 0.248 e. The molecule has 0 aromatic rings. The lowest BCUT2D eigenvalue weighted by atomic mass is 10.0. The molecule has 0 aliphatic rings. The summed E-state index contributed by atoms with van der Waals surface area (Å²) in [6, 6.07) is 0. The Kier molecular flexibility index (Phi) is 3.32. The maximum Gasteiger partial charge on any atom is 0.248 e. The predicted octanol–water partition coefficient (Wildman–Crippen LogP) is -1.15. The van der Waals surface area contributed by atoms with E-state index in [4.69, 9.17) is 15.9 Å². The lowest BCUT2D eigenvalue weighted by Gasteiger charge is -2.17. The molecule has 0 saturated carbocycles. The summed E-state index contributed by atoms with van der Waals surface area (Å²) in [7, 11) is 0. The van der Waals surface area contributed by atoms with Gasteiger partial charge in [0.15, 0.2) is 6.10 Å². The second-order valence-corrected chi connectivity index (χ2v) is 2.58. The van der Waals surface area contributed by atoms with Crippen LogP contribution in [0.2, 0.25) is 0 Å². The van der Waals surface area contributed by atoms with E-state index in [2.05, 4.69) is 0 Å². The Morgan fingerprint density at radius 2 is 1.80 bits per heavy atom. The topological polar surface area (TPSA) is 83.6 Å². The van der Waals surface area contributed by atoms with Gasteiger partial charge in [-0.25, -0.2) is 0 Å². The largest absolute Gasteiger partial charge is 0.390 e. The molecule has 0 unspecified atom stereocenters. The molecule has 0 aromatic heterocycles. The molecule has 60 valence electrons. The van der Waals surface area contributed by atoms with Crippen LogP contribution in [0, 0.1) is 5.92 Å². The van der Waals surface area contributed by atoms with Crippen molar-refractivity contribution in [2.45, 2.75) is 26.1 Å². The molecule has 4 nitrogen and oxygen atoms in total. The first-order valence-electron chi connectivity index (χ1n) is 3.12. The average Bonchev–Trinajstić information content (AvgIpc) is 1.84. The van der Waals surface area contributed by atoms with E-state index in [0.29, 0.717) is 0 Å². The molecule has 0 bridgehead atoms. The van der Waals surface area contributed by atoms with Gasteiger partial charge in [-0.2, -0.15) is 0 Å². The molecule has 0 saturated heterocycles. The van der Waals surface area contributed by atoms with E-state index >= 15 is 0 Å². The Balaban J connectivity index is 3.94. The second kappa shape index (κ2) is 3.53. The number of rotatable bonds is 3. The number of aliphatic hydroxyl groups is 2. The first-order chi connectivity index (χ1) is 4.46. The lowest BCUT2D eigenvalue weighted by Crippen LogP contribution is -2.41. The summed E-state index contributed by atoms with van der Waals surface area (Å²) in [5, 5.41) is 17.9. The van der Waals surface area contributed by atoms with Gasteiger partial charge < -0.3 is 15.9 Å². The van der Waals surface area contributed by atoms with Gasteiger partial charge in [0.2, 0.25) is 5.91 Å². The summed E-state index contributed by atoms with van der Waals surface area (Å²) in [6.07, 6.45) is -2.50.